The lowest BCUT2D eigenvalue weighted by molar-refractivity contribution is 0.0691. The van der Waals surface area contributed by atoms with Crippen LogP contribution in [0.2, 0.25) is 0 Å². The van der Waals surface area contributed by atoms with Gasteiger partial charge in [0.05, 0.1) is 5.69 Å². The van der Waals surface area contributed by atoms with E-state index in [4.69, 9.17) is 0 Å². The van der Waals surface area contributed by atoms with Crippen molar-refractivity contribution in [2.75, 3.05) is 0 Å². The fourth-order valence-corrected chi connectivity index (χ4v) is 2.38. The van der Waals surface area contributed by atoms with Crippen molar-refractivity contribution < 1.29 is 9.90 Å². The highest BCUT2D eigenvalue weighted by atomic mass is 16.4. The average Bonchev–Trinajstić information content (AvgIpc) is 3.01. The number of pyridine rings is 1. The molecule has 1 N–H and O–H groups in total. The molecule has 116 valence electrons. The van der Waals surface area contributed by atoms with Crippen LogP contribution < -0.4 is 0 Å². The molecule has 0 bridgehead atoms. The minimum Gasteiger partial charge on any atom is -0.476 e. The molecular weight excluding hydrogens is 292 g/mol. The first-order valence-electron chi connectivity index (χ1n) is 7.27. The largest absolute Gasteiger partial charge is 0.476 e. The number of hydrogen-bond acceptors (Lipinski definition) is 4. The zero-order chi connectivity index (χ0) is 16.4. The summed E-state index contributed by atoms with van der Waals surface area (Å²) in [5, 5.41) is 17.2. The molecule has 0 radical (unpaired) electrons. The zero-order valence-corrected chi connectivity index (χ0v) is 12.8. The Morgan fingerprint density at radius 2 is 1.74 bits per heavy atom. The Labute approximate surface area is 133 Å². The Morgan fingerprint density at radius 1 is 1.09 bits per heavy atom. The Kier molecular flexibility index (Phi) is 3.89. The lowest BCUT2D eigenvalue weighted by Crippen LogP contribution is -2.03. The molecule has 3 rings (SSSR count). The molecule has 6 nitrogen and oxygen atoms in total. The van der Waals surface area contributed by atoms with Gasteiger partial charge in [0.15, 0.2) is 5.69 Å². The number of benzene rings is 1. The minimum absolute atomic E-state index is 0.0795. The van der Waals surface area contributed by atoms with E-state index < -0.39 is 5.97 Å². The third kappa shape index (κ3) is 2.83. The molecule has 0 atom stereocenters. The molecular formula is C17H16N4O2. The van der Waals surface area contributed by atoms with Crippen molar-refractivity contribution in [1.29, 1.82) is 0 Å². The first-order chi connectivity index (χ1) is 11.1. The summed E-state index contributed by atoms with van der Waals surface area (Å²) in [4.78, 5) is 15.4. The fourth-order valence-electron chi connectivity index (χ4n) is 2.38. The van der Waals surface area contributed by atoms with Gasteiger partial charge in [-0.15, -0.1) is 5.10 Å². The lowest BCUT2D eigenvalue weighted by atomic mass is 10.0. The van der Waals surface area contributed by atoms with Gasteiger partial charge in [0.25, 0.3) is 0 Å². The van der Waals surface area contributed by atoms with Crippen LogP contribution in [0.1, 0.15) is 35.8 Å². The number of aromatic carboxylic acids is 1. The number of hydrogen-bond donors (Lipinski definition) is 1. The van der Waals surface area contributed by atoms with Crippen LogP contribution in [0.15, 0.2) is 48.8 Å². The van der Waals surface area contributed by atoms with Gasteiger partial charge in [-0.2, -0.15) is 0 Å². The molecule has 2 heterocycles. The second-order valence-electron chi connectivity index (χ2n) is 5.49. The normalized spacial score (nSPS) is 10.9. The molecule has 0 spiro atoms. The Morgan fingerprint density at radius 3 is 2.30 bits per heavy atom. The van der Waals surface area contributed by atoms with E-state index in [2.05, 4.69) is 29.1 Å². The van der Waals surface area contributed by atoms with Crippen molar-refractivity contribution >= 4 is 5.97 Å². The maximum Gasteiger partial charge on any atom is 0.358 e. The highest BCUT2D eigenvalue weighted by molar-refractivity contribution is 5.93. The summed E-state index contributed by atoms with van der Waals surface area (Å²) >= 11 is 0. The summed E-state index contributed by atoms with van der Waals surface area (Å²) < 4.78 is 1.54. The molecule has 0 saturated carbocycles. The number of nitrogens with zero attached hydrogens (tertiary/aromatic N) is 4. The van der Waals surface area contributed by atoms with Crippen molar-refractivity contribution in [2.24, 2.45) is 0 Å². The minimum atomic E-state index is -1.11. The third-order valence-electron chi connectivity index (χ3n) is 3.63. The topological polar surface area (TPSA) is 80.9 Å². The van der Waals surface area contributed by atoms with Gasteiger partial charge in [-0.3, -0.25) is 4.98 Å². The summed E-state index contributed by atoms with van der Waals surface area (Å²) in [7, 11) is 0. The molecule has 0 aliphatic heterocycles. The predicted octanol–water partition coefficient (Wildman–Crippen LogP) is 3.15. The molecule has 2 aromatic heterocycles. The second kappa shape index (κ2) is 6.00. The molecule has 0 unspecified atom stereocenters. The number of aromatic nitrogens is 4. The Balaban J connectivity index is 2.15. The van der Waals surface area contributed by atoms with Crippen LogP contribution in [0.25, 0.3) is 16.9 Å². The van der Waals surface area contributed by atoms with Gasteiger partial charge in [-0.05, 0) is 35.7 Å². The van der Waals surface area contributed by atoms with E-state index in [1.165, 1.54) is 5.56 Å². The predicted molar refractivity (Wildman–Crippen MR) is 85.6 cm³/mol. The van der Waals surface area contributed by atoms with Gasteiger partial charge in [0, 0.05) is 18.0 Å². The number of rotatable bonds is 4. The number of carbonyl (C=O) groups is 1. The van der Waals surface area contributed by atoms with E-state index in [1.807, 2.05) is 24.3 Å². The van der Waals surface area contributed by atoms with Gasteiger partial charge in [-0.25, -0.2) is 9.48 Å². The fraction of sp³-hybridized carbons (Fsp3) is 0.176. The van der Waals surface area contributed by atoms with E-state index in [0.29, 0.717) is 17.2 Å². The third-order valence-corrected chi connectivity index (χ3v) is 3.63. The van der Waals surface area contributed by atoms with Crippen LogP contribution in [0.5, 0.6) is 0 Å². The first kappa shape index (κ1) is 14.9. The lowest BCUT2D eigenvalue weighted by Gasteiger charge is -2.09. The van der Waals surface area contributed by atoms with E-state index in [9.17, 15) is 9.90 Å². The zero-order valence-electron chi connectivity index (χ0n) is 12.8. The van der Waals surface area contributed by atoms with Gasteiger partial charge in [-0.1, -0.05) is 31.2 Å². The highest BCUT2D eigenvalue weighted by Crippen LogP contribution is 2.25. The van der Waals surface area contributed by atoms with Crippen molar-refractivity contribution in [3.63, 3.8) is 0 Å². The van der Waals surface area contributed by atoms with Gasteiger partial charge >= 0.3 is 5.97 Å². The Bertz CT molecular complexity index is 824. The molecule has 3 aromatic rings. The average molecular weight is 308 g/mol. The molecule has 0 fully saturated rings. The van der Waals surface area contributed by atoms with Gasteiger partial charge in [0.2, 0.25) is 0 Å². The summed E-state index contributed by atoms with van der Waals surface area (Å²) in [6.45, 7) is 4.24. The maximum absolute atomic E-state index is 11.5. The van der Waals surface area contributed by atoms with Crippen molar-refractivity contribution in [3.8, 4) is 16.9 Å². The van der Waals surface area contributed by atoms with E-state index in [1.54, 1.807) is 29.2 Å². The molecule has 23 heavy (non-hydrogen) atoms. The van der Waals surface area contributed by atoms with Crippen molar-refractivity contribution in [3.05, 3.63) is 60.0 Å². The summed E-state index contributed by atoms with van der Waals surface area (Å²) in [6.07, 6.45) is 3.22. The number of carboxylic acids is 1. The van der Waals surface area contributed by atoms with Crippen molar-refractivity contribution in [1.82, 2.24) is 20.0 Å². The van der Waals surface area contributed by atoms with Gasteiger partial charge in [0.1, 0.15) is 5.69 Å². The number of carboxylic acid groups (broad SMARTS) is 1. The first-order valence-corrected chi connectivity index (χ1v) is 7.27. The SMILES string of the molecule is CC(C)c1ccc(-n2nnc(C(=O)O)c2-c2ccncc2)cc1. The summed E-state index contributed by atoms with van der Waals surface area (Å²) in [5.74, 6) is -0.684. The monoisotopic (exact) mass is 308 g/mol. The van der Waals surface area contributed by atoms with Crippen LogP contribution in [-0.4, -0.2) is 31.1 Å². The smallest absolute Gasteiger partial charge is 0.358 e. The molecule has 1 aromatic carbocycles. The molecule has 0 saturated heterocycles. The van der Waals surface area contributed by atoms with Crippen molar-refractivity contribution in [2.45, 2.75) is 19.8 Å². The van der Waals surface area contributed by atoms with Crippen LogP contribution in [-0.2, 0) is 0 Å². The quantitative estimate of drug-likeness (QED) is 0.800. The van der Waals surface area contributed by atoms with E-state index >= 15 is 0 Å². The van der Waals surface area contributed by atoms with E-state index in [-0.39, 0.29) is 5.69 Å². The van der Waals surface area contributed by atoms with Crippen LogP contribution in [0, 0.1) is 0 Å². The second-order valence-corrected chi connectivity index (χ2v) is 5.49. The van der Waals surface area contributed by atoms with Crippen LogP contribution in [0.3, 0.4) is 0 Å². The molecule has 0 amide bonds. The van der Waals surface area contributed by atoms with Crippen LogP contribution in [0.4, 0.5) is 0 Å². The van der Waals surface area contributed by atoms with Gasteiger partial charge < -0.3 is 5.11 Å². The summed E-state index contributed by atoms with van der Waals surface area (Å²) in [5.41, 5.74) is 3.04. The maximum atomic E-state index is 11.5. The van der Waals surface area contributed by atoms with E-state index in [0.717, 1.165) is 5.69 Å². The van der Waals surface area contributed by atoms with Crippen LogP contribution >= 0.6 is 0 Å². The summed E-state index contributed by atoms with van der Waals surface area (Å²) in [6, 6.07) is 11.3. The molecule has 0 aliphatic rings. The molecule has 6 heteroatoms. The highest BCUT2D eigenvalue weighted by Gasteiger charge is 2.21. The Hall–Kier alpha value is -3.02. The molecule has 0 aliphatic carbocycles. The standard InChI is InChI=1S/C17H16N4O2/c1-11(2)12-3-5-14(6-4-12)21-16(13-7-9-18-10-8-13)15(17(22)23)19-20-21/h3-11H,1-2H3,(H,22,23).